The van der Waals surface area contributed by atoms with Crippen LogP contribution in [0.5, 0.6) is 0 Å². The minimum atomic E-state index is -4.08. The molecule has 0 saturated carbocycles. The Morgan fingerprint density at radius 3 is 2.67 bits per heavy atom. The number of ether oxygens (including phenoxy) is 2. The van der Waals surface area contributed by atoms with Gasteiger partial charge in [0.25, 0.3) is 0 Å². The second-order valence-electron chi connectivity index (χ2n) is 4.36. The smallest absolute Gasteiger partial charge is 0.330 e. The average molecular weight is 273 g/mol. The number of halogens is 4. The molecule has 2 unspecified atom stereocenters. The highest BCUT2D eigenvalue weighted by molar-refractivity contribution is 4.79. The Morgan fingerprint density at radius 2 is 2.17 bits per heavy atom. The summed E-state index contributed by atoms with van der Waals surface area (Å²) in [5.41, 5.74) is 0. The van der Waals surface area contributed by atoms with Crippen molar-refractivity contribution in [3.8, 4) is 0 Å². The third-order valence-electron chi connectivity index (χ3n) is 2.91. The van der Waals surface area contributed by atoms with Gasteiger partial charge in [-0.25, -0.2) is 8.78 Å². The van der Waals surface area contributed by atoms with E-state index in [2.05, 4.69) is 5.32 Å². The summed E-state index contributed by atoms with van der Waals surface area (Å²) in [6, 6.07) is -0.133. The molecule has 2 atom stereocenters. The number of hydrogen-bond acceptors (Lipinski definition) is 3. The van der Waals surface area contributed by atoms with Crippen molar-refractivity contribution in [3.63, 3.8) is 0 Å². The quantitative estimate of drug-likeness (QED) is 0.685. The number of alkyl halides is 4. The van der Waals surface area contributed by atoms with Gasteiger partial charge in [0.15, 0.2) is 0 Å². The highest BCUT2D eigenvalue weighted by atomic mass is 19.3. The van der Waals surface area contributed by atoms with Crippen LogP contribution in [0.15, 0.2) is 0 Å². The van der Waals surface area contributed by atoms with Gasteiger partial charge in [-0.2, -0.15) is 8.78 Å². The van der Waals surface area contributed by atoms with Crippen molar-refractivity contribution in [1.82, 2.24) is 5.32 Å². The third kappa shape index (κ3) is 4.70. The molecule has 1 N–H and O–H groups in total. The van der Waals surface area contributed by atoms with E-state index in [4.69, 9.17) is 9.47 Å². The van der Waals surface area contributed by atoms with Crippen molar-refractivity contribution in [2.45, 2.75) is 31.7 Å². The van der Waals surface area contributed by atoms with Gasteiger partial charge in [-0.15, -0.1) is 0 Å². The Morgan fingerprint density at radius 1 is 1.44 bits per heavy atom. The van der Waals surface area contributed by atoms with Crippen molar-refractivity contribution >= 4 is 0 Å². The van der Waals surface area contributed by atoms with E-state index in [1.165, 1.54) is 0 Å². The zero-order valence-corrected chi connectivity index (χ0v) is 10.3. The summed E-state index contributed by atoms with van der Waals surface area (Å²) in [7, 11) is 0. The number of likely N-dealkylation sites (N-methyl/N-ethyl adjacent to an activating group) is 1. The van der Waals surface area contributed by atoms with E-state index in [0.717, 1.165) is 6.42 Å². The van der Waals surface area contributed by atoms with Crippen molar-refractivity contribution in [3.05, 3.63) is 0 Å². The zero-order valence-electron chi connectivity index (χ0n) is 10.3. The molecule has 0 spiro atoms. The van der Waals surface area contributed by atoms with Crippen LogP contribution in [0.4, 0.5) is 17.6 Å². The maximum Gasteiger partial charge on any atom is 0.330 e. The normalized spacial score (nSPS) is 22.7. The van der Waals surface area contributed by atoms with Gasteiger partial charge in [0.05, 0.1) is 13.2 Å². The molecule has 1 aliphatic rings. The predicted molar refractivity (Wildman–Crippen MR) is 58.2 cm³/mol. The van der Waals surface area contributed by atoms with Gasteiger partial charge in [-0.05, 0) is 13.0 Å². The maximum atomic E-state index is 12.6. The molecule has 0 aromatic carbocycles. The minimum Gasteiger partial charge on any atom is -0.381 e. The van der Waals surface area contributed by atoms with Crippen LogP contribution in [0.25, 0.3) is 0 Å². The molecule has 0 amide bonds. The van der Waals surface area contributed by atoms with E-state index in [1.807, 2.05) is 6.92 Å². The van der Waals surface area contributed by atoms with E-state index in [1.54, 1.807) is 0 Å². The van der Waals surface area contributed by atoms with E-state index < -0.39 is 19.0 Å². The Labute approximate surface area is 104 Å². The first kappa shape index (κ1) is 15.7. The number of hydrogen-bond donors (Lipinski definition) is 1. The molecule has 0 aliphatic carbocycles. The van der Waals surface area contributed by atoms with Gasteiger partial charge in [0.1, 0.15) is 6.61 Å². The fourth-order valence-corrected chi connectivity index (χ4v) is 1.88. The molecule has 1 fully saturated rings. The SMILES string of the molecule is CCNC(COCC(F)(F)C(F)F)C1CCOC1. The van der Waals surface area contributed by atoms with Crippen LogP contribution in [0.3, 0.4) is 0 Å². The first-order valence-corrected chi connectivity index (χ1v) is 6.02. The van der Waals surface area contributed by atoms with E-state index in [9.17, 15) is 17.6 Å². The van der Waals surface area contributed by atoms with Gasteiger partial charge >= 0.3 is 12.3 Å². The molecule has 108 valence electrons. The van der Waals surface area contributed by atoms with Crippen molar-refractivity contribution < 1.29 is 27.0 Å². The van der Waals surface area contributed by atoms with Gasteiger partial charge in [-0.1, -0.05) is 6.92 Å². The first-order valence-electron chi connectivity index (χ1n) is 6.02. The lowest BCUT2D eigenvalue weighted by atomic mass is 10.00. The van der Waals surface area contributed by atoms with Crippen LogP contribution in [0.2, 0.25) is 0 Å². The highest BCUT2D eigenvalue weighted by Gasteiger charge is 2.41. The number of nitrogens with one attached hydrogen (secondary N) is 1. The van der Waals surface area contributed by atoms with Gasteiger partial charge < -0.3 is 14.8 Å². The molecule has 1 heterocycles. The molecule has 18 heavy (non-hydrogen) atoms. The Kier molecular flexibility index (Phi) is 6.31. The lowest BCUT2D eigenvalue weighted by Crippen LogP contribution is -2.42. The molecule has 7 heteroatoms. The third-order valence-corrected chi connectivity index (χ3v) is 2.91. The fraction of sp³-hybridized carbons (Fsp3) is 1.00. The van der Waals surface area contributed by atoms with Gasteiger partial charge in [0.2, 0.25) is 0 Å². The summed E-state index contributed by atoms with van der Waals surface area (Å²) in [6.45, 7) is 2.47. The maximum absolute atomic E-state index is 12.6. The molecular formula is C11H19F4NO2. The van der Waals surface area contributed by atoms with Crippen LogP contribution >= 0.6 is 0 Å². The first-order chi connectivity index (χ1) is 8.47. The molecule has 0 radical (unpaired) electrons. The monoisotopic (exact) mass is 273 g/mol. The molecule has 0 aromatic rings. The van der Waals surface area contributed by atoms with Crippen LogP contribution in [0, 0.1) is 5.92 Å². The summed E-state index contributed by atoms with van der Waals surface area (Å²) in [4.78, 5) is 0. The van der Waals surface area contributed by atoms with Crippen molar-refractivity contribution in [2.75, 3.05) is 33.0 Å². The Hall–Kier alpha value is -0.400. The highest BCUT2D eigenvalue weighted by Crippen LogP contribution is 2.23. The summed E-state index contributed by atoms with van der Waals surface area (Å²) in [6.07, 6.45) is -2.86. The summed E-state index contributed by atoms with van der Waals surface area (Å²) < 4.78 is 59.1. The molecule has 3 nitrogen and oxygen atoms in total. The summed E-state index contributed by atoms with van der Waals surface area (Å²) in [5, 5.41) is 3.10. The second kappa shape index (κ2) is 7.25. The minimum absolute atomic E-state index is 0.00975. The van der Waals surface area contributed by atoms with Crippen LogP contribution in [-0.4, -0.2) is 51.4 Å². The van der Waals surface area contributed by atoms with Gasteiger partial charge in [0, 0.05) is 18.6 Å². The molecule has 1 rings (SSSR count). The zero-order chi connectivity index (χ0) is 13.6. The number of rotatable bonds is 8. The van der Waals surface area contributed by atoms with E-state index in [0.29, 0.717) is 19.8 Å². The molecule has 1 aliphatic heterocycles. The lowest BCUT2D eigenvalue weighted by Gasteiger charge is -2.24. The summed E-state index contributed by atoms with van der Waals surface area (Å²) >= 11 is 0. The van der Waals surface area contributed by atoms with Crippen molar-refractivity contribution in [2.24, 2.45) is 5.92 Å². The van der Waals surface area contributed by atoms with Crippen molar-refractivity contribution in [1.29, 1.82) is 0 Å². The lowest BCUT2D eigenvalue weighted by molar-refractivity contribution is -0.167. The largest absolute Gasteiger partial charge is 0.381 e. The molecule has 0 bridgehead atoms. The van der Waals surface area contributed by atoms with E-state index in [-0.39, 0.29) is 18.6 Å². The van der Waals surface area contributed by atoms with Gasteiger partial charge in [-0.3, -0.25) is 0 Å². The standard InChI is InChI=1S/C11H19F4NO2/c1-2-16-9(8-3-4-17-5-8)6-18-7-11(14,15)10(12)13/h8-10,16H,2-7H2,1H3. The molecule has 0 aromatic heterocycles. The van der Waals surface area contributed by atoms with Crippen LogP contribution in [0.1, 0.15) is 13.3 Å². The fourth-order valence-electron chi connectivity index (χ4n) is 1.88. The topological polar surface area (TPSA) is 30.5 Å². The Balaban J connectivity index is 2.33. The average Bonchev–Trinajstić information content (AvgIpc) is 2.80. The second-order valence-corrected chi connectivity index (χ2v) is 4.36. The molecule has 1 saturated heterocycles. The van der Waals surface area contributed by atoms with Crippen LogP contribution in [-0.2, 0) is 9.47 Å². The Bertz CT molecular complexity index is 235. The summed E-state index contributed by atoms with van der Waals surface area (Å²) in [5.74, 6) is -3.90. The van der Waals surface area contributed by atoms with Crippen LogP contribution < -0.4 is 5.32 Å². The molecular weight excluding hydrogens is 254 g/mol. The van der Waals surface area contributed by atoms with E-state index >= 15 is 0 Å². The predicted octanol–water partition coefficient (Wildman–Crippen LogP) is 1.92.